The van der Waals surface area contributed by atoms with E-state index in [-0.39, 0.29) is 0 Å². The van der Waals surface area contributed by atoms with Gasteiger partial charge in [0, 0.05) is 9.75 Å². The third-order valence-electron chi connectivity index (χ3n) is 4.01. The van der Waals surface area contributed by atoms with Gasteiger partial charge in [-0.1, -0.05) is 64.0 Å². The molecule has 0 aromatic carbocycles. The maximum absolute atomic E-state index is 6.37. The highest BCUT2D eigenvalue weighted by Gasteiger charge is 2.18. The average molecular weight is 285 g/mol. The molecule has 0 nitrogen and oxygen atoms in total. The first-order valence-electron chi connectivity index (χ1n) is 7.47. The molecular formula is C16H25ClS. The van der Waals surface area contributed by atoms with Crippen LogP contribution >= 0.6 is 22.9 Å². The van der Waals surface area contributed by atoms with Crippen LogP contribution in [-0.4, -0.2) is 0 Å². The minimum atomic E-state index is 0.563. The smallest absolute Gasteiger partial charge is 0.0550 e. The Morgan fingerprint density at radius 2 is 1.61 bits per heavy atom. The molecule has 0 saturated heterocycles. The van der Waals surface area contributed by atoms with Crippen molar-refractivity contribution in [2.24, 2.45) is 0 Å². The number of rotatable bonds is 2. The minimum absolute atomic E-state index is 0.563. The third kappa shape index (κ3) is 3.74. The fraction of sp³-hybridized carbons (Fsp3) is 0.750. The van der Waals surface area contributed by atoms with Gasteiger partial charge in [0.2, 0.25) is 0 Å². The Bertz CT molecular complexity index is 357. The Kier molecular flexibility index (Phi) is 5.56. The lowest BCUT2D eigenvalue weighted by Crippen LogP contribution is -1.95. The molecule has 0 spiro atoms. The summed E-state index contributed by atoms with van der Waals surface area (Å²) in [5.74, 6) is 1.34. The van der Waals surface area contributed by atoms with Crippen molar-refractivity contribution in [1.29, 1.82) is 0 Å². The largest absolute Gasteiger partial charge is 0.143 e. The highest BCUT2D eigenvalue weighted by Crippen LogP contribution is 2.40. The zero-order valence-electron chi connectivity index (χ0n) is 11.7. The molecule has 18 heavy (non-hydrogen) atoms. The van der Waals surface area contributed by atoms with Gasteiger partial charge in [-0.3, -0.25) is 0 Å². The summed E-state index contributed by atoms with van der Waals surface area (Å²) in [7, 11) is 0. The Morgan fingerprint density at radius 3 is 2.11 bits per heavy atom. The molecule has 1 heterocycles. The molecule has 102 valence electrons. The molecule has 0 bridgehead atoms. The van der Waals surface area contributed by atoms with Gasteiger partial charge in [-0.15, -0.1) is 11.3 Å². The van der Waals surface area contributed by atoms with Crippen LogP contribution in [0.1, 0.15) is 86.8 Å². The SMILES string of the molecule is CC(C)c1sc(C2CCCCCCCC2)cc1Cl. The fourth-order valence-electron chi connectivity index (χ4n) is 2.91. The van der Waals surface area contributed by atoms with Crippen molar-refractivity contribution in [3.05, 3.63) is 20.8 Å². The molecule has 0 unspecified atom stereocenters. The van der Waals surface area contributed by atoms with Crippen LogP contribution in [0.5, 0.6) is 0 Å². The molecular weight excluding hydrogens is 260 g/mol. The van der Waals surface area contributed by atoms with E-state index in [1.54, 1.807) is 4.88 Å². The van der Waals surface area contributed by atoms with Crippen LogP contribution in [0.2, 0.25) is 5.02 Å². The molecule has 1 aliphatic carbocycles. The van der Waals surface area contributed by atoms with Gasteiger partial charge in [0.15, 0.2) is 0 Å². The van der Waals surface area contributed by atoms with Crippen LogP contribution in [0.4, 0.5) is 0 Å². The standard InChI is InChI=1S/C16H25ClS/c1-12(2)16-14(17)11-15(18-16)13-9-7-5-3-4-6-8-10-13/h11-13H,3-10H2,1-2H3. The van der Waals surface area contributed by atoms with Crippen LogP contribution < -0.4 is 0 Å². The van der Waals surface area contributed by atoms with Crippen molar-refractivity contribution in [2.45, 2.75) is 77.0 Å². The second-order valence-electron chi connectivity index (χ2n) is 5.91. The summed E-state index contributed by atoms with van der Waals surface area (Å²) in [6, 6.07) is 2.25. The molecule has 1 fully saturated rings. The van der Waals surface area contributed by atoms with Gasteiger partial charge < -0.3 is 0 Å². The van der Waals surface area contributed by atoms with Crippen molar-refractivity contribution in [3.8, 4) is 0 Å². The van der Waals surface area contributed by atoms with Crippen molar-refractivity contribution in [1.82, 2.24) is 0 Å². The number of hydrogen-bond acceptors (Lipinski definition) is 1. The number of hydrogen-bond donors (Lipinski definition) is 0. The average Bonchev–Trinajstić information content (AvgIpc) is 2.76. The van der Waals surface area contributed by atoms with Gasteiger partial charge in [-0.2, -0.15) is 0 Å². The zero-order chi connectivity index (χ0) is 13.0. The highest BCUT2D eigenvalue weighted by molar-refractivity contribution is 7.12. The van der Waals surface area contributed by atoms with E-state index in [9.17, 15) is 0 Å². The summed E-state index contributed by atoms with van der Waals surface area (Å²) in [6.07, 6.45) is 11.3. The van der Waals surface area contributed by atoms with Crippen molar-refractivity contribution in [2.75, 3.05) is 0 Å². The lowest BCUT2D eigenvalue weighted by Gasteiger charge is -2.13. The molecule has 0 radical (unpaired) electrons. The second kappa shape index (κ2) is 6.96. The Hall–Kier alpha value is -0.0100. The zero-order valence-corrected chi connectivity index (χ0v) is 13.2. The van der Waals surface area contributed by atoms with E-state index in [0.717, 1.165) is 10.9 Å². The van der Waals surface area contributed by atoms with E-state index < -0.39 is 0 Å². The lowest BCUT2D eigenvalue weighted by atomic mass is 9.95. The first-order chi connectivity index (χ1) is 8.68. The van der Waals surface area contributed by atoms with Gasteiger partial charge in [0.25, 0.3) is 0 Å². The van der Waals surface area contributed by atoms with Crippen LogP contribution in [0, 0.1) is 0 Å². The van der Waals surface area contributed by atoms with Gasteiger partial charge in [0.1, 0.15) is 0 Å². The van der Waals surface area contributed by atoms with Crippen molar-refractivity contribution < 1.29 is 0 Å². The molecule has 0 amide bonds. The summed E-state index contributed by atoms with van der Waals surface area (Å²) < 4.78 is 0. The van der Waals surface area contributed by atoms with E-state index in [0.29, 0.717) is 5.92 Å². The van der Waals surface area contributed by atoms with Gasteiger partial charge in [-0.05, 0) is 30.7 Å². The highest BCUT2D eigenvalue weighted by atomic mass is 35.5. The van der Waals surface area contributed by atoms with E-state index in [1.807, 2.05) is 11.3 Å². The normalized spacial score (nSPS) is 19.6. The second-order valence-corrected chi connectivity index (χ2v) is 7.43. The molecule has 1 aromatic heterocycles. The minimum Gasteiger partial charge on any atom is -0.143 e. The van der Waals surface area contributed by atoms with Crippen LogP contribution in [0.25, 0.3) is 0 Å². The molecule has 1 aliphatic rings. The number of thiophene rings is 1. The Balaban J connectivity index is 2.10. The summed E-state index contributed by atoms with van der Waals surface area (Å²) >= 11 is 8.34. The van der Waals surface area contributed by atoms with Crippen LogP contribution in [0.3, 0.4) is 0 Å². The Labute approximate surface area is 121 Å². The molecule has 0 aliphatic heterocycles. The van der Waals surface area contributed by atoms with Crippen molar-refractivity contribution in [3.63, 3.8) is 0 Å². The van der Waals surface area contributed by atoms with Gasteiger partial charge in [-0.25, -0.2) is 0 Å². The molecule has 2 heteroatoms. The third-order valence-corrected chi connectivity index (χ3v) is 6.04. The van der Waals surface area contributed by atoms with Crippen LogP contribution in [-0.2, 0) is 0 Å². The summed E-state index contributed by atoms with van der Waals surface area (Å²) in [6.45, 7) is 4.48. The predicted octanol–water partition coefficient (Wildman–Crippen LogP) is 6.74. The van der Waals surface area contributed by atoms with E-state index in [2.05, 4.69) is 19.9 Å². The quantitative estimate of drug-likeness (QED) is 0.564. The first kappa shape index (κ1) is 14.4. The van der Waals surface area contributed by atoms with Crippen LogP contribution in [0.15, 0.2) is 6.07 Å². The molecule has 1 aromatic rings. The molecule has 0 atom stereocenters. The molecule has 0 N–H and O–H groups in total. The number of halogens is 1. The molecule has 1 saturated carbocycles. The maximum atomic E-state index is 6.37. The molecule has 2 rings (SSSR count). The van der Waals surface area contributed by atoms with Gasteiger partial charge >= 0.3 is 0 Å². The lowest BCUT2D eigenvalue weighted by molar-refractivity contribution is 0.547. The summed E-state index contributed by atoms with van der Waals surface area (Å²) in [4.78, 5) is 2.93. The van der Waals surface area contributed by atoms with E-state index in [4.69, 9.17) is 11.6 Å². The van der Waals surface area contributed by atoms with Crippen molar-refractivity contribution >= 4 is 22.9 Å². The fourth-order valence-corrected chi connectivity index (χ4v) is 4.65. The Morgan fingerprint density at radius 1 is 1.06 bits per heavy atom. The summed E-state index contributed by atoms with van der Waals surface area (Å²) in [5.41, 5.74) is 0. The van der Waals surface area contributed by atoms with E-state index >= 15 is 0 Å². The first-order valence-corrected chi connectivity index (χ1v) is 8.67. The summed E-state index contributed by atoms with van der Waals surface area (Å²) in [5, 5.41) is 1.00. The monoisotopic (exact) mass is 284 g/mol. The maximum Gasteiger partial charge on any atom is 0.0550 e. The van der Waals surface area contributed by atoms with Gasteiger partial charge in [0.05, 0.1) is 5.02 Å². The topological polar surface area (TPSA) is 0 Å². The predicted molar refractivity (Wildman–Crippen MR) is 83.1 cm³/mol. The van der Waals surface area contributed by atoms with E-state index in [1.165, 1.54) is 56.2 Å².